The van der Waals surface area contributed by atoms with Gasteiger partial charge in [0.1, 0.15) is 0 Å². The molecule has 112 valence electrons. The van der Waals surface area contributed by atoms with Crippen molar-refractivity contribution in [2.45, 2.75) is 17.9 Å². The van der Waals surface area contributed by atoms with Gasteiger partial charge in [-0.25, -0.2) is 13.1 Å². The fourth-order valence-electron chi connectivity index (χ4n) is 2.00. The Morgan fingerprint density at radius 3 is 2.38 bits per heavy atom. The summed E-state index contributed by atoms with van der Waals surface area (Å²) in [7, 11) is -2.10. The minimum Gasteiger partial charge on any atom is -0.397 e. The number of hydrogen-bond acceptors (Lipinski definition) is 4. The van der Waals surface area contributed by atoms with Gasteiger partial charge in [-0.05, 0) is 37.7 Å². The van der Waals surface area contributed by atoms with Crippen LogP contribution in [-0.2, 0) is 10.0 Å². The molecular formula is C15H19N3O2S. The summed E-state index contributed by atoms with van der Waals surface area (Å²) >= 11 is 0. The maximum atomic E-state index is 11.8. The molecule has 6 heteroatoms. The van der Waals surface area contributed by atoms with E-state index < -0.39 is 10.0 Å². The number of sulfonamides is 1. The Hall–Kier alpha value is -2.05. The van der Waals surface area contributed by atoms with Gasteiger partial charge >= 0.3 is 0 Å². The molecule has 2 aromatic carbocycles. The van der Waals surface area contributed by atoms with Gasteiger partial charge in [-0.15, -0.1) is 0 Å². The summed E-state index contributed by atoms with van der Waals surface area (Å²) in [4.78, 5) is 0.182. The van der Waals surface area contributed by atoms with Gasteiger partial charge in [0, 0.05) is 6.04 Å². The van der Waals surface area contributed by atoms with E-state index in [-0.39, 0.29) is 10.9 Å². The molecule has 0 amide bonds. The monoisotopic (exact) mass is 305 g/mol. The first-order chi connectivity index (χ1) is 9.94. The fourth-order valence-corrected chi connectivity index (χ4v) is 2.76. The summed E-state index contributed by atoms with van der Waals surface area (Å²) in [5.74, 6) is 0. The predicted molar refractivity (Wildman–Crippen MR) is 85.6 cm³/mol. The third-order valence-corrected chi connectivity index (χ3v) is 4.69. The molecule has 0 heterocycles. The molecule has 4 N–H and O–H groups in total. The molecule has 0 aliphatic heterocycles. The van der Waals surface area contributed by atoms with Gasteiger partial charge in [0.25, 0.3) is 0 Å². The fraction of sp³-hybridized carbons (Fsp3) is 0.200. The van der Waals surface area contributed by atoms with Crippen LogP contribution in [-0.4, -0.2) is 15.5 Å². The van der Waals surface area contributed by atoms with Crippen LogP contribution in [0.2, 0.25) is 0 Å². The molecule has 2 rings (SSSR count). The van der Waals surface area contributed by atoms with Gasteiger partial charge in [0.05, 0.1) is 16.3 Å². The van der Waals surface area contributed by atoms with Crippen molar-refractivity contribution in [3.8, 4) is 0 Å². The van der Waals surface area contributed by atoms with E-state index in [2.05, 4.69) is 10.0 Å². The van der Waals surface area contributed by atoms with E-state index in [1.165, 1.54) is 13.1 Å². The molecule has 0 bridgehead atoms. The Kier molecular flexibility index (Phi) is 4.50. The highest BCUT2D eigenvalue weighted by Gasteiger charge is 2.14. The molecule has 0 saturated heterocycles. The van der Waals surface area contributed by atoms with Gasteiger partial charge in [0.15, 0.2) is 0 Å². The smallest absolute Gasteiger partial charge is 0.240 e. The van der Waals surface area contributed by atoms with Gasteiger partial charge in [-0.2, -0.15) is 0 Å². The van der Waals surface area contributed by atoms with Crippen LogP contribution in [0.15, 0.2) is 53.4 Å². The Morgan fingerprint density at radius 2 is 1.76 bits per heavy atom. The predicted octanol–water partition coefficient (Wildman–Crippen LogP) is 2.35. The van der Waals surface area contributed by atoms with Crippen molar-refractivity contribution in [3.63, 3.8) is 0 Å². The van der Waals surface area contributed by atoms with Crippen molar-refractivity contribution in [3.05, 3.63) is 54.1 Å². The Bertz CT molecular complexity index is 715. The SMILES string of the molecule is CNS(=O)(=O)c1ccc(N)c(NC(C)c2ccccc2)c1. The Labute approximate surface area is 125 Å². The van der Waals surface area contributed by atoms with Gasteiger partial charge < -0.3 is 11.1 Å². The number of anilines is 2. The largest absolute Gasteiger partial charge is 0.397 e. The zero-order valence-corrected chi connectivity index (χ0v) is 12.8. The zero-order chi connectivity index (χ0) is 15.5. The second kappa shape index (κ2) is 6.15. The summed E-state index contributed by atoms with van der Waals surface area (Å²) in [6.45, 7) is 1.99. The summed E-state index contributed by atoms with van der Waals surface area (Å²) in [6.07, 6.45) is 0. The topological polar surface area (TPSA) is 84.2 Å². The maximum absolute atomic E-state index is 11.8. The molecule has 1 unspecified atom stereocenters. The molecule has 5 nitrogen and oxygen atoms in total. The normalized spacial score (nSPS) is 12.9. The van der Waals surface area contributed by atoms with Crippen molar-refractivity contribution in [1.82, 2.24) is 4.72 Å². The van der Waals surface area contributed by atoms with Crippen LogP contribution in [0.1, 0.15) is 18.5 Å². The van der Waals surface area contributed by atoms with Crippen LogP contribution in [0.4, 0.5) is 11.4 Å². The lowest BCUT2D eigenvalue weighted by molar-refractivity contribution is 0.588. The molecular weight excluding hydrogens is 286 g/mol. The lowest BCUT2D eigenvalue weighted by atomic mass is 10.1. The molecule has 0 radical (unpaired) electrons. The lowest BCUT2D eigenvalue weighted by Crippen LogP contribution is -2.19. The molecule has 0 aromatic heterocycles. The Morgan fingerprint density at radius 1 is 1.10 bits per heavy atom. The molecule has 21 heavy (non-hydrogen) atoms. The van der Waals surface area contributed by atoms with Crippen molar-refractivity contribution in [2.75, 3.05) is 18.1 Å². The molecule has 0 aliphatic rings. The van der Waals surface area contributed by atoms with E-state index in [1.54, 1.807) is 12.1 Å². The first-order valence-corrected chi connectivity index (χ1v) is 8.07. The number of rotatable bonds is 5. The van der Waals surface area contributed by atoms with E-state index in [0.29, 0.717) is 11.4 Å². The van der Waals surface area contributed by atoms with Gasteiger partial charge in [-0.3, -0.25) is 0 Å². The van der Waals surface area contributed by atoms with Crippen LogP contribution in [0.25, 0.3) is 0 Å². The molecule has 0 fully saturated rings. The summed E-state index contributed by atoms with van der Waals surface area (Å²) < 4.78 is 26.0. The minimum absolute atomic E-state index is 0.0149. The van der Waals surface area contributed by atoms with E-state index >= 15 is 0 Å². The molecule has 0 saturated carbocycles. The Balaban J connectivity index is 2.30. The minimum atomic E-state index is -3.48. The second-order valence-corrected chi connectivity index (χ2v) is 6.62. The molecule has 0 spiro atoms. The van der Waals surface area contributed by atoms with E-state index in [0.717, 1.165) is 5.56 Å². The maximum Gasteiger partial charge on any atom is 0.240 e. The van der Waals surface area contributed by atoms with Gasteiger partial charge in [-0.1, -0.05) is 30.3 Å². The van der Waals surface area contributed by atoms with Crippen LogP contribution >= 0.6 is 0 Å². The summed E-state index contributed by atoms with van der Waals surface area (Å²) in [5, 5.41) is 3.25. The van der Waals surface area contributed by atoms with Crippen molar-refractivity contribution in [2.24, 2.45) is 0 Å². The third kappa shape index (κ3) is 3.53. The highest BCUT2D eigenvalue weighted by atomic mass is 32.2. The number of nitrogens with two attached hydrogens (primary N) is 1. The highest BCUT2D eigenvalue weighted by Crippen LogP contribution is 2.26. The number of hydrogen-bond donors (Lipinski definition) is 3. The lowest BCUT2D eigenvalue weighted by Gasteiger charge is -2.18. The zero-order valence-electron chi connectivity index (χ0n) is 12.0. The van der Waals surface area contributed by atoms with E-state index in [4.69, 9.17) is 5.73 Å². The first kappa shape index (κ1) is 15.3. The van der Waals surface area contributed by atoms with Crippen LogP contribution in [0.3, 0.4) is 0 Å². The number of benzene rings is 2. The average molecular weight is 305 g/mol. The van der Waals surface area contributed by atoms with Crippen molar-refractivity contribution < 1.29 is 8.42 Å². The third-order valence-electron chi connectivity index (χ3n) is 3.28. The van der Waals surface area contributed by atoms with Crippen LogP contribution < -0.4 is 15.8 Å². The van der Waals surface area contributed by atoms with Crippen LogP contribution in [0, 0.1) is 0 Å². The molecule has 2 aromatic rings. The second-order valence-electron chi connectivity index (χ2n) is 4.73. The highest BCUT2D eigenvalue weighted by molar-refractivity contribution is 7.89. The first-order valence-electron chi connectivity index (χ1n) is 6.58. The quantitative estimate of drug-likeness (QED) is 0.740. The van der Waals surface area contributed by atoms with E-state index in [1.807, 2.05) is 37.3 Å². The van der Waals surface area contributed by atoms with Crippen molar-refractivity contribution >= 4 is 21.4 Å². The van der Waals surface area contributed by atoms with Crippen LogP contribution in [0.5, 0.6) is 0 Å². The molecule has 0 aliphatic carbocycles. The number of nitrogen functional groups attached to an aromatic ring is 1. The standard InChI is InChI=1S/C15H19N3O2S/c1-11(12-6-4-3-5-7-12)18-15-10-13(8-9-14(15)16)21(19,20)17-2/h3-11,17-18H,16H2,1-2H3. The van der Waals surface area contributed by atoms with Gasteiger partial charge in [0.2, 0.25) is 10.0 Å². The number of nitrogens with one attached hydrogen (secondary N) is 2. The summed E-state index contributed by atoms with van der Waals surface area (Å²) in [5.41, 5.74) is 8.13. The molecule has 1 atom stereocenters. The van der Waals surface area contributed by atoms with Crippen molar-refractivity contribution in [1.29, 1.82) is 0 Å². The average Bonchev–Trinajstić information content (AvgIpc) is 2.50. The van der Waals surface area contributed by atoms with E-state index in [9.17, 15) is 8.42 Å². The summed E-state index contributed by atoms with van der Waals surface area (Å²) in [6, 6.07) is 14.5.